The van der Waals surface area contributed by atoms with Crippen molar-refractivity contribution in [2.24, 2.45) is 5.92 Å². The zero-order chi connectivity index (χ0) is 21.3. The van der Waals surface area contributed by atoms with Crippen molar-refractivity contribution in [1.82, 2.24) is 14.3 Å². The standard InChI is InChI=1S/C19H19ClN4O3S3/c1-12-4-5-15(29-12)14-11-28-19(22-14)23-18(25)13-6-9-24(10-7-13)30(26,27)16-3-2-8-21-17(16)20/h2-5,8,11,13H,6-7,9-10H2,1H3,(H,22,23,25). The molecule has 7 nitrogen and oxygen atoms in total. The first-order valence-corrected chi connectivity index (χ1v) is 12.8. The van der Waals surface area contributed by atoms with E-state index in [-0.39, 0.29) is 35.0 Å². The van der Waals surface area contributed by atoms with Crippen molar-refractivity contribution in [2.45, 2.75) is 24.7 Å². The van der Waals surface area contributed by atoms with Gasteiger partial charge in [-0.1, -0.05) is 11.6 Å². The van der Waals surface area contributed by atoms with E-state index in [1.54, 1.807) is 17.4 Å². The predicted octanol–water partition coefficient (Wildman–Crippen LogP) is 4.27. The van der Waals surface area contributed by atoms with Gasteiger partial charge in [-0.3, -0.25) is 4.79 Å². The first kappa shape index (κ1) is 21.4. The van der Waals surface area contributed by atoms with Crippen LogP contribution < -0.4 is 5.32 Å². The number of pyridine rings is 1. The lowest BCUT2D eigenvalue weighted by Gasteiger charge is -2.30. The molecule has 3 aromatic rings. The Bertz CT molecular complexity index is 1170. The number of carbonyl (C=O) groups excluding carboxylic acids is 1. The van der Waals surface area contributed by atoms with Crippen LogP contribution in [0, 0.1) is 12.8 Å². The van der Waals surface area contributed by atoms with Gasteiger partial charge in [-0.05, 0) is 44.0 Å². The molecule has 1 aliphatic heterocycles. The van der Waals surface area contributed by atoms with Gasteiger partial charge in [-0.2, -0.15) is 4.31 Å². The summed E-state index contributed by atoms with van der Waals surface area (Å²) in [6, 6.07) is 7.04. The summed E-state index contributed by atoms with van der Waals surface area (Å²) in [5.74, 6) is -0.396. The average molecular weight is 483 g/mol. The molecule has 3 aromatic heterocycles. The van der Waals surface area contributed by atoms with Crippen LogP contribution in [0.2, 0.25) is 5.15 Å². The van der Waals surface area contributed by atoms with Crippen LogP contribution in [0.1, 0.15) is 17.7 Å². The van der Waals surface area contributed by atoms with Crippen LogP contribution >= 0.6 is 34.3 Å². The largest absolute Gasteiger partial charge is 0.302 e. The molecule has 1 aliphatic rings. The van der Waals surface area contributed by atoms with E-state index in [2.05, 4.69) is 15.3 Å². The lowest BCUT2D eigenvalue weighted by atomic mass is 9.97. The van der Waals surface area contributed by atoms with Crippen LogP contribution in [0.15, 0.2) is 40.7 Å². The van der Waals surface area contributed by atoms with Crippen molar-refractivity contribution >= 4 is 55.3 Å². The van der Waals surface area contributed by atoms with E-state index in [9.17, 15) is 13.2 Å². The molecule has 1 N–H and O–H groups in total. The quantitative estimate of drug-likeness (QED) is 0.548. The lowest BCUT2D eigenvalue weighted by Crippen LogP contribution is -2.41. The van der Waals surface area contributed by atoms with Crippen molar-refractivity contribution in [3.8, 4) is 10.6 Å². The van der Waals surface area contributed by atoms with Gasteiger partial charge in [-0.15, -0.1) is 22.7 Å². The molecule has 1 amide bonds. The van der Waals surface area contributed by atoms with Gasteiger partial charge in [0.05, 0.1) is 10.6 Å². The minimum absolute atomic E-state index is 0.00584. The molecule has 11 heteroatoms. The van der Waals surface area contributed by atoms with Crippen LogP contribution in [-0.2, 0) is 14.8 Å². The molecule has 1 fully saturated rings. The fraction of sp³-hybridized carbons (Fsp3) is 0.316. The number of thiophene rings is 1. The Kier molecular flexibility index (Phi) is 6.21. The molecule has 0 aliphatic carbocycles. The Morgan fingerprint density at radius 2 is 2.03 bits per heavy atom. The summed E-state index contributed by atoms with van der Waals surface area (Å²) in [4.78, 5) is 23.3. The summed E-state index contributed by atoms with van der Waals surface area (Å²) in [6.45, 7) is 2.55. The predicted molar refractivity (Wildman–Crippen MR) is 120 cm³/mol. The molecule has 158 valence electrons. The summed E-state index contributed by atoms with van der Waals surface area (Å²) in [7, 11) is -3.73. The van der Waals surface area contributed by atoms with E-state index in [1.165, 1.54) is 32.8 Å². The number of hydrogen-bond acceptors (Lipinski definition) is 7. The molecule has 0 atom stereocenters. The number of nitrogens with zero attached hydrogens (tertiary/aromatic N) is 3. The number of nitrogens with one attached hydrogen (secondary N) is 1. The molecule has 1 saturated heterocycles. The van der Waals surface area contributed by atoms with Gasteiger partial charge in [0.25, 0.3) is 0 Å². The average Bonchev–Trinajstić information content (AvgIpc) is 3.37. The third-order valence-corrected chi connectivity index (χ3v) is 9.02. The molecule has 0 saturated carbocycles. The minimum atomic E-state index is -3.73. The molecule has 0 unspecified atom stereocenters. The molecule has 0 bridgehead atoms. The maximum Gasteiger partial charge on any atom is 0.246 e. The number of anilines is 1. The summed E-state index contributed by atoms with van der Waals surface area (Å²) in [5.41, 5.74) is 0.850. The Morgan fingerprint density at radius 1 is 1.27 bits per heavy atom. The van der Waals surface area contributed by atoms with E-state index >= 15 is 0 Å². The number of aromatic nitrogens is 2. The SMILES string of the molecule is Cc1ccc(-c2csc(NC(=O)C3CCN(S(=O)(=O)c4cccnc4Cl)CC3)n2)s1. The van der Waals surface area contributed by atoms with Gasteiger partial charge in [0, 0.05) is 35.5 Å². The van der Waals surface area contributed by atoms with E-state index < -0.39 is 10.0 Å². The number of carbonyl (C=O) groups is 1. The van der Waals surface area contributed by atoms with E-state index in [0.717, 1.165) is 10.6 Å². The van der Waals surface area contributed by atoms with Crippen molar-refractivity contribution in [3.05, 3.63) is 45.9 Å². The smallest absolute Gasteiger partial charge is 0.246 e. The Hall–Kier alpha value is -1.85. The van der Waals surface area contributed by atoms with Gasteiger partial charge in [0.1, 0.15) is 10.0 Å². The number of amides is 1. The summed E-state index contributed by atoms with van der Waals surface area (Å²) < 4.78 is 27.0. The molecule has 4 heterocycles. The highest BCUT2D eigenvalue weighted by atomic mass is 35.5. The first-order chi connectivity index (χ1) is 14.3. The highest BCUT2D eigenvalue weighted by Crippen LogP contribution is 2.31. The van der Waals surface area contributed by atoms with Gasteiger partial charge >= 0.3 is 0 Å². The second kappa shape index (κ2) is 8.72. The van der Waals surface area contributed by atoms with E-state index in [0.29, 0.717) is 18.0 Å². The normalized spacial score (nSPS) is 15.9. The second-order valence-corrected chi connectivity index (χ2v) is 11.3. The third kappa shape index (κ3) is 4.42. The number of thiazole rings is 1. The topological polar surface area (TPSA) is 92.3 Å². The first-order valence-electron chi connectivity index (χ1n) is 9.28. The molecule has 30 heavy (non-hydrogen) atoms. The molecule has 0 aromatic carbocycles. The van der Waals surface area contributed by atoms with Crippen molar-refractivity contribution in [2.75, 3.05) is 18.4 Å². The summed E-state index contributed by atoms with van der Waals surface area (Å²) in [5, 5.41) is 5.31. The number of hydrogen-bond donors (Lipinski definition) is 1. The second-order valence-electron chi connectivity index (χ2n) is 6.91. The molecular weight excluding hydrogens is 464 g/mol. The van der Waals surface area contributed by atoms with Crippen molar-refractivity contribution in [1.29, 1.82) is 0 Å². The van der Waals surface area contributed by atoms with E-state index in [1.807, 2.05) is 24.4 Å². The number of sulfonamides is 1. The van der Waals surface area contributed by atoms with E-state index in [4.69, 9.17) is 11.6 Å². The van der Waals surface area contributed by atoms with Crippen molar-refractivity contribution < 1.29 is 13.2 Å². The fourth-order valence-corrected chi connectivity index (χ4v) is 6.80. The molecule has 0 radical (unpaired) electrons. The van der Waals surface area contributed by atoms with Crippen LogP contribution in [0.4, 0.5) is 5.13 Å². The van der Waals surface area contributed by atoms with Crippen LogP contribution in [0.3, 0.4) is 0 Å². The minimum Gasteiger partial charge on any atom is -0.302 e. The van der Waals surface area contributed by atoms with Gasteiger partial charge in [0.15, 0.2) is 5.13 Å². The maximum absolute atomic E-state index is 12.8. The summed E-state index contributed by atoms with van der Waals surface area (Å²) in [6.07, 6.45) is 2.32. The monoisotopic (exact) mass is 482 g/mol. The van der Waals surface area contributed by atoms with Crippen LogP contribution in [-0.4, -0.2) is 41.7 Å². The van der Waals surface area contributed by atoms with Crippen molar-refractivity contribution in [3.63, 3.8) is 0 Å². The summed E-state index contributed by atoms with van der Waals surface area (Å²) >= 11 is 9.00. The number of rotatable bonds is 5. The zero-order valence-corrected chi connectivity index (χ0v) is 19.2. The van der Waals surface area contributed by atoms with Crippen LogP contribution in [0.5, 0.6) is 0 Å². The Labute approximate surface area is 187 Å². The molecular formula is C19H19ClN4O3S3. The number of halogens is 1. The van der Waals surface area contributed by atoms with Gasteiger partial charge < -0.3 is 5.32 Å². The zero-order valence-electron chi connectivity index (χ0n) is 16.0. The van der Waals surface area contributed by atoms with Crippen LogP contribution in [0.25, 0.3) is 10.6 Å². The molecule has 4 rings (SSSR count). The number of aryl methyl sites for hydroxylation is 1. The Balaban J connectivity index is 1.37. The fourth-order valence-electron chi connectivity index (χ4n) is 3.29. The van der Waals surface area contributed by atoms with Gasteiger partial charge in [0.2, 0.25) is 15.9 Å². The highest BCUT2D eigenvalue weighted by molar-refractivity contribution is 7.89. The Morgan fingerprint density at radius 3 is 2.70 bits per heavy atom. The van der Waals surface area contributed by atoms with Gasteiger partial charge in [-0.25, -0.2) is 18.4 Å². The highest BCUT2D eigenvalue weighted by Gasteiger charge is 2.33. The maximum atomic E-state index is 12.8. The lowest BCUT2D eigenvalue weighted by molar-refractivity contribution is -0.120. The molecule has 0 spiro atoms. The third-order valence-electron chi connectivity index (χ3n) is 4.89. The number of piperidine rings is 1.